The molecule has 1 aliphatic carbocycles. The van der Waals surface area contributed by atoms with Gasteiger partial charge in [-0.1, -0.05) is 0 Å². The SMILES string of the molecule is Nc1ncc(-c2cc(N3C[C@@H]4C[C@H]3CO4)nc(N3CC4CC3C(F)(F)C4)n2)cc1OC(F)F. The van der Waals surface area contributed by atoms with Crippen molar-refractivity contribution in [3.05, 3.63) is 18.3 Å². The quantitative estimate of drug-likeness (QED) is 0.673. The second-order valence-electron chi connectivity index (χ2n) is 9.13. The fourth-order valence-corrected chi connectivity index (χ4v) is 5.52. The van der Waals surface area contributed by atoms with Gasteiger partial charge in [0.2, 0.25) is 5.95 Å². The zero-order valence-electron chi connectivity index (χ0n) is 17.5. The van der Waals surface area contributed by atoms with Crippen LogP contribution in [0.5, 0.6) is 5.75 Å². The second kappa shape index (κ2) is 7.31. The van der Waals surface area contributed by atoms with Crippen LogP contribution in [0.1, 0.15) is 19.3 Å². The van der Waals surface area contributed by atoms with E-state index in [1.165, 1.54) is 12.3 Å². The van der Waals surface area contributed by atoms with Gasteiger partial charge in [0.15, 0.2) is 11.6 Å². The molecule has 0 spiro atoms. The van der Waals surface area contributed by atoms with Crippen molar-refractivity contribution in [2.24, 2.45) is 5.92 Å². The van der Waals surface area contributed by atoms with E-state index in [4.69, 9.17) is 10.5 Å². The molecule has 4 bridgehead atoms. The molecule has 2 unspecified atom stereocenters. The third-order valence-corrected chi connectivity index (χ3v) is 6.98. The molecule has 0 radical (unpaired) electrons. The van der Waals surface area contributed by atoms with Crippen LogP contribution in [0.15, 0.2) is 18.3 Å². The molecule has 4 aliphatic rings. The summed E-state index contributed by atoms with van der Waals surface area (Å²) < 4.78 is 64.7. The van der Waals surface area contributed by atoms with Crippen molar-refractivity contribution in [3.8, 4) is 17.0 Å². The predicted molar refractivity (Wildman–Crippen MR) is 111 cm³/mol. The number of halogens is 4. The third kappa shape index (κ3) is 3.51. The Morgan fingerprint density at radius 1 is 1.15 bits per heavy atom. The molecule has 8 nitrogen and oxygen atoms in total. The Bertz CT molecular complexity index is 1090. The standard InChI is InChI=1S/C21H22F4N6O2/c22-19(23)33-15-2-11(6-27-18(15)26)14-4-17(30-8-13-3-12(30)9-32-13)29-20(28-14)31-7-10-1-16(31)21(24,25)5-10/h2,4,6,10,12-13,16,19H,1,3,5,7-9H2,(H2,26,27)/t10?,12-,13-,16?/m0/s1. The van der Waals surface area contributed by atoms with E-state index in [1.54, 1.807) is 11.0 Å². The maximum atomic E-state index is 14.5. The third-order valence-electron chi connectivity index (χ3n) is 6.98. The van der Waals surface area contributed by atoms with Gasteiger partial charge >= 0.3 is 6.61 Å². The van der Waals surface area contributed by atoms with Crippen LogP contribution in [0, 0.1) is 5.92 Å². The van der Waals surface area contributed by atoms with Crippen LogP contribution in [-0.2, 0) is 4.74 Å². The number of piperidine rings is 1. The molecule has 33 heavy (non-hydrogen) atoms. The van der Waals surface area contributed by atoms with Gasteiger partial charge in [-0.05, 0) is 24.8 Å². The number of anilines is 3. The van der Waals surface area contributed by atoms with Crippen LogP contribution >= 0.6 is 0 Å². The Hall–Kier alpha value is -2.89. The molecule has 4 atom stereocenters. The van der Waals surface area contributed by atoms with Crippen LogP contribution in [-0.4, -0.2) is 65.4 Å². The lowest BCUT2D eigenvalue weighted by molar-refractivity contribution is -0.0494. The number of pyridine rings is 1. The molecule has 176 valence electrons. The molecule has 1 saturated carbocycles. The van der Waals surface area contributed by atoms with E-state index < -0.39 is 18.6 Å². The number of rotatable bonds is 5. The van der Waals surface area contributed by atoms with Crippen molar-refractivity contribution in [2.45, 2.75) is 50.0 Å². The second-order valence-corrected chi connectivity index (χ2v) is 9.13. The van der Waals surface area contributed by atoms with Crippen LogP contribution in [0.3, 0.4) is 0 Å². The number of alkyl halides is 4. The Labute approximate surface area is 186 Å². The molecule has 12 heteroatoms. The van der Waals surface area contributed by atoms with E-state index in [-0.39, 0.29) is 42.0 Å². The maximum absolute atomic E-state index is 14.5. The predicted octanol–water partition coefficient (Wildman–Crippen LogP) is 2.93. The number of hydrogen-bond donors (Lipinski definition) is 1. The lowest BCUT2D eigenvalue weighted by Gasteiger charge is -2.34. The molecular formula is C21H22F4N6O2. The number of nitrogens with zero attached hydrogens (tertiary/aromatic N) is 5. The summed E-state index contributed by atoms with van der Waals surface area (Å²) in [5.41, 5.74) is 6.42. The topological polar surface area (TPSA) is 89.6 Å². The van der Waals surface area contributed by atoms with Crippen LogP contribution in [0.4, 0.5) is 35.1 Å². The van der Waals surface area contributed by atoms with Gasteiger partial charge in [0.25, 0.3) is 5.92 Å². The summed E-state index contributed by atoms with van der Waals surface area (Å²) in [6, 6.07) is 2.24. The lowest BCUT2D eigenvalue weighted by atomic mass is 10.1. The molecule has 4 fully saturated rings. The first kappa shape index (κ1) is 20.7. The molecule has 2 N–H and O–H groups in total. The minimum Gasteiger partial charge on any atom is -0.431 e. The fourth-order valence-electron chi connectivity index (χ4n) is 5.52. The van der Waals surface area contributed by atoms with Gasteiger partial charge in [0.05, 0.1) is 30.5 Å². The fraction of sp³-hybridized carbons (Fsp3) is 0.571. The molecule has 3 aliphatic heterocycles. The van der Waals surface area contributed by atoms with Gasteiger partial charge < -0.3 is 25.0 Å². The van der Waals surface area contributed by atoms with Crippen LogP contribution in [0.25, 0.3) is 11.3 Å². The molecule has 2 aromatic heterocycles. The Morgan fingerprint density at radius 2 is 2.00 bits per heavy atom. The van der Waals surface area contributed by atoms with Gasteiger partial charge in [0.1, 0.15) is 5.82 Å². The molecule has 0 aromatic carbocycles. The first-order valence-corrected chi connectivity index (χ1v) is 10.9. The van der Waals surface area contributed by atoms with Crippen molar-refractivity contribution in [3.63, 3.8) is 0 Å². The van der Waals surface area contributed by atoms with E-state index in [1.807, 2.05) is 0 Å². The lowest BCUT2D eigenvalue weighted by Crippen LogP contribution is -2.46. The van der Waals surface area contributed by atoms with E-state index in [0.29, 0.717) is 43.2 Å². The normalized spacial score (nSPS) is 29.5. The molecule has 6 rings (SSSR count). The number of morpholine rings is 1. The summed E-state index contributed by atoms with van der Waals surface area (Å²) in [6.07, 6.45) is 2.65. The van der Waals surface area contributed by atoms with E-state index in [2.05, 4.69) is 24.6 Å². The minimum absolute atomic E-state index is 0.105. The average Bonchev–Trinajstić information content (AvgIpc) is 3.54. The first-order valence-electron chi connectivity index (χ1n) is 10.9. The number of fused-ring (bicyclic) bond motifs is 4. The summed E-state index contributed by atoms with van der Waals surface area (Å²) in [6.45, 7) is -1.40. The van der Waals surface area contributed by atoms with Crippen molar-refractivity contribution >= 4 is 17.6 Å². The molecule has 5 heterocycles. The number of nitrogens with two attached hydrogens (primary N) is 1. The van der Waals surface area contributed by atoms with E-state index in [9.17, 15) is 17.6 Å². The summed E-state index contributed by atoms with van der Waals surface area (Å²) in [4.78, 5) is 16.8. The summed E-state index contributed by atoms with van der Waals surface area (Å²) in [5.74, 6) is -2.58. The van der Waals surface area contributed by atoms with E-state index >= 15 is 0 Å². The minimum atomic E-state index is -3.07. The first-order chi connectivity index (χ1) is 15.8. The van der Waals surface area contributed by atoms with Crippen molar-refractivity contribution < 1.29 is 27.0 Å². The summed E-state index contributed by atoms with van der Waals surface area (Å²) >= 11 is 0. The van der Waals surface area contributed by atoms with Crippen LogP contribution < -0.4 is 20.3 Å². The molecular weight excluding hydrogens is 444 g/mol. The largest absolute Gasteiger partial charge is 0.431 e. The highest BCUT2D eigenvalue weighted by molar-refractivity contribution is 5.68. The van der Waals surface area contributed by atoms with Gasteiger partial charge in [-0.3, -0.25) is 0 Å². The average molecular weight is 466 g/mol. The van der Waals surface area contributed by atoms with Gasteiger partial charge in [-0.15, -0.1) is 0 Å². The highest BCUT2D eigenvalue weighted by Gasteiger charge is 2.57. The van der Waals surface area contributed by atoms with Crippen molar-refractivity contribution in [1.82, 2.24) is 15.0 Å². The number of nitrogen functional groups attached to an aromatic ring is 1. The zero-order chi connectivity index (χ0) is 22.9. The number of hydrogen-bond acceptors (Lipinski definition) is 8. The van der Waals surface area contributed by atoms with Gasteiger partial charge in [0, 0.05) is 37.3 Å². The highest BCUT2D eigenvalue weighted by atomic mass is 19.3. The molecule has 0 amide bonds. The highest BCUT2D eigenvalue weighted by Crippen LogP contribution is 2.49. The van der Waals surface area contributed by atoms with Crippen molar-refractivity contribution in [2.75, 3.05) is 35.2 Å². The van der Waals surface area contributed by atoms with E-state index in [0.717, 1.165) is 6.42 Å². The summed E-state index contributed by atoms with van der Waals surface area (Å²) in [5, 5.41) is 0. The van der Waals surface area contributed by atoms with Gasteiger partial charge in [-0.2, -0.15) is 13.8 Å². The Morgan fingerprint density at radius 3 is 2.67 bits per heavy atom. The summed E-state index contributed by atoms with van der Waals surface area (Å²) in [7, 11) is 0. The number of ether oxygens (including phenoxy) is 2. The number of aromatic nitrogens is 3. The van der Waals surface area contributed by atoms with Crippen LogP contribution in [0.2, 0.25) is 0 Å². The zero-order valence-corrected chi connectivity index (χ0v) is 17.5. The Balaban J connectivity index is 1.42. The monoisotopic (exact) mass is 466 g/mol. The smallest absolute Gasteiger partial charge is 0.387 e. The molecule has 3 saturated heterocycles. The Kier molecular flexibility index (Phi) is 4.58. The van der Waals surface area contributed by atoms with Crippen molar-refractivity contribution in [1.29, 1.82) is 0 Å². The maximum Gasteiger partial charge on any atom is 0.387 e. The molecule has 2 aromatic rings. The van der Waals surface area contributed by atoms with Gasteiger partial charge in [-0.25, -0.2) is 18.7 Å².